The molecule has 0 heterocycles. The minimum Gasteiger partial charge on any atom is -0.192 e. The number of rotatable bonds is 2. The Labute approximate surface area is 125 Å². The summed E-state index contributed by atoms with van der Waals surface area (Å²) in [5.74, 6) is 0. The molecule has 0 amide bonds. The van der Waals surface area contributed by atoms with Crippen LogP contribution in [0.5, 0.6) is 0 Å². The summed E-state index contributed by atoms with van der Waals surface area (Å²) in [6, 6.07) is 15.2. The van der Waals surface area contributed by atoms with E-state index in [2.05, 4.69) is 0 Å². The van der Waals surface area contributed by atoms with Crippen molar-refractivity contribution < 1.29 is 13.2 Å². The van der Waals surface area contributed by atoms with Gasteiger partial charge in [0.15, 0.2) is 0 Å². The molecule has 2 rings (SSSR count). The maximum Gasteiger partial charge on any atom is 0.416 e. The van der Waals surface area contributed by atoms with Crippen LogP contribution in [0.4, 0.5) is 13.2 Å². The Bertz CT molecular complexity index is 755. The molecule has 0 aromatic heterocycles. The Balaban J connectivity index is 2.27. The fourth-order valence-corrected chi connectivity index (χ4v) is 1.88. The molecule has 22 heavy (non-hydrogen) atoms. The zero-order chi connectivity index (χ0) is 16.2. The van der Waals surface area contributed by atoms with E-state index in [1.807, 2.05) is 0 Å². The number of benzene rings is 2. The molecular weight excluding hydrogens is 289 g/mol. The predicted octanol–water partition coefficient (Wildman–Crippen LogP) is 4.80. The van der Waals surface area contributed by atoms with Crippen LogP contribution in [0, 0.1) is 22.7 Å². The summed E-state index contributed by atoms with van der Waals surface area (Å²) in [6.07, 6.45) is -2.91. The van der Waals surface area contributed by atoms with Crippen molar-refractivity contribution in [3.8, 4) is 23.3 Å². The summed E-state index contributed by atoms with van der Waals surface area (Å²) in [7, 11) is 0. The van der Waals surface area contributed by atoms with Gasteiger partial charge < -0.3 is 0 Å². The molecule has 0 spiro atoms. The lowest BCUT2D eigenvalue weighted by Gasteiger charge is -2.08. The molecule has 0 aliphatic heterocycles. The van der Waals surface area contributed by atoms with E-state index in [9.17, 15) is 13.2 Å². The zero-order valence-corrected chi connectivity index (χ0v) is 11.2. The van der Waals surface area contributed by atoms with Crippen molar-refractivity contribution in [1.82, 2.24) is 0 Å². The van der Waals surface area contributed by atoms with E-state index < -0.39 is 11.7 Å². The molecule has 5 heteroatoms. The largest absolute Gasteiger partial charge is 0.416 e. The topological polar surface area (TPSA) is 47.6 Å². The van der Waals surface area contributed by atoms with Crippen LogP contribution in [0.1, 0.15) is 11.1 Å². The Morgan fingerprint density at radius 1 is 0.818 bits per heavy atom. The lowest BCUT2D eigenvalue weighted by atomic mass is 10.0. The van der Waals surface area contributed by atoms with Gasteiger partial charge in [-0.15, -0.1) is 0 Å². The van der Waals surface area contributed by atoms with Gasteiger partial charge in [-0.2, -0.15) is 23.7 Å². The monoisotopic (exact) mass is 298 g/mol. The molecular formula is C17H9F3N2. The first-order valence-electron chi connectivity index (χ1n) is 6.23. The first-order valence-corrected chi connectivity index (χ1v) is 6.23. The molecule has 2 aromatic rings. The molecule has 0 unspecified atom stereocenters. The van der Waals surface area contributed by atoms with Crippen molar-refractivity contribution in [1.29, 1.82) is 10.5 Å². The summed E-state index contributed by atoms with van der Waals surface area (Å²) in [5.41, 5.74) is 1.38. The standard InChI is InChI=1S/C17H9F3N2/c18-17(19,20)16-7-5-15(6-8-16)14-3-1-12(2-4-14)9-13(10-21)11-22/h1-9H. The molecule has 0 saturated carbocycles. The average molecular weight is 298 g/mol. The third-order valence-electron chi connectivity index (χ3n) is 3.01. The third-order valence-corrected chi connectivity index (χ3v) is 3.01. The summed E-state index contributed by atoms with van der Waals surface area (Å²) in [4.78, 5) is 0. The highest BCUT2D eigenvalue weighted by Gasteiger charge is 2.29. The molecule has 0 aliphatic rings. The van der Waals surface area contributed by atoms with Gasteiger partial charge in [0.25, 0.3) is 0 Å². The maximum absolute atomic E-state index is 12.5. The molecule has 0 radical (unpaired) electrons. The van der Waals surface area contributed by atoms with Crippen LogP contribution < -0.4 is 0 Å². The van der Waals surface area contributed by atoms with Crippen LogP contribution in [0.3, 0.4) is 0 Å². The summed E-state index contributed by atoms with van der Waals surface area (Å²) in [6.45, 7) is 0. The van der Waals surface area contributed by atoms with Crippen LogP contribution in [-0.4, -0.2) is 0 Å². The lowest BCUT2D eigenvalue weighted by Crippen LogP contribution is -2.03. The maximum atomic E-state index is 12.5. The molecule has 0 saturated heterocycles. The van der Waals surface area contributed by atoms with Crippen molar-refractivity contribution in [2.45, 2.75) is 6.18 Å². The third kappa shape index (κ3) is 3.53. The van der Waals surface area contributed by atoms with Crippen LogP contribution in [0.2, 0.25) is 0 Å². The van der Waals surface area contributed by atoms with Crippen molar-refractivity contribution >= 4 is 6.08 Å². The second-order valence-electron chi connectivity index (χ2n) is 4.48. The molecule has 0 fully saturated rings. The Morgan fingerprint density at radius 3 is 1.68 bits per heavy atom. The molecule has 0 atom stereocenters. The minimum absolute atomic E-state index is 0.0118. The Hall–Kier alpha value is -3.05. The van der Waals surface area contributed by atoms with E-state index in [0.29, 0.717) is 11.1 Å². The van der Waals surface area contributed by atoms with Gasteiger partial charge in [-0.05, 0) is 34.9 Å². The normalized spacial score (nSPS) is 10.4. The summed E-state index contributed by atoms with van der Waals surface area (Å²) in [5, 5.41) is 17.4. The van der Waals surface area contributed by atoms with Crippen molar-refractivity contribution in [2.24, 2.45) is 0 Å². The van der Waals surface area contributed by atoms with Crippen molar-refractivity contribution in [2.75, 3.05) is 0 Å². The molecule has 0 bridgehead atoms. The molecule has 2 nitrogen and oxygen atoms in total. The highest BCUT2D eigenvalue weighted by atomic mass is 19.4. The van der Waals surface area contributed by atoms with Gasteiger partial charge in [0.05, 0.1) is 5.56 Å². The van der Waals surface area contributed by atoms with E-state index in [0.717, 1.165) is 17.7 Å². The molecule has 108 valence electrons. The fourth-order valence-electron chi connectivity index (χ4n) is 1.88. The van der Waals surface area contributed by atoms with Crippen LogP contribution in [0.25, 0.3) is 17.2 Å². The number of halogens is 3. The van der Waals surface area contributed by atoms with E-state index in [1.165, 1.54) is 18.2 Å². The lowest BCUT2D eigenvalue weighted by molar-refractivity contribution is -0.137. The zero-order valence-electron chi connectivity index (χ0n) is 11.2. The van der Waals surface area contributed by atoms with Gasteiger partial charge in [0, 0.05) is 0 Å². The highest BCUT2D eigenvalue weighted by Crippen LogP contribution is 2.31. The second kappa shape index (κ2) is 6.15. The van der Waals surface area contributed by atoms with Gasteiger partial charge in [0.2, 0.25) is 0 Å². The first-order chi connectivity index (χ1) is 10.4. The van der Waals surface area contributed by atoms with Crippen molar-refractivity contribution in [3.63, 3.8) is 0 Å². The molecule has 0 N–H and O–H groups in total. The van der Waals surface area contributed by atoms with Gasteiger partial charge in [0.1, 0.15) is 17.7 Å². The number of hydrogen-bond acceptors (Lipinski definition) is 2. The van der Waals surface area contributed by atoms with Crippen molar-refractivity contribution in [3.05, 3.63) is 65.2 Å². The van der Waals surface area contributed by atoms with Crippen LogP contribution in [-0.2, 0) is 6.18 Å². The van der Waals surface area contributed by atoms with E-state index in [-0.39, 0.29) is 5.57 Å². The van der Waals surface area contributed by atoms with Gasteiger partial charge >= 0.3 is 6.18 Å². The molecule has 2 aromatic carbocycles. The first kappa shape index (κ1) is 15.3. The smallest absolute Gasteiger partial charge is 0.192 e. The Morgan fingerprint density at radius 2 is 1.27 bits per heavy atom. The number of nitriles is 2. The minimum atomic E-state index is -4.35. The number of hydrogen-bond donors (Lipinski definition) is 0. The average Bonchev–Trinajstić information content (AvgIpc) is 2.52. The predicted molar refractivity (Wildman–Crippen MR) is 76.1 cm³/mol. The number of alkyl halides is 3. The quantitative estimate of drug-likeness (QED) is 0.747. The van der Waals surface area contributed by atoms with E-state index in [4.69, 9.17) is 10.5 Å². The molecule has 0 aliphatic carbocycles. The summed E-state index contributed by atoms with van der Waals surface area (Å²) < 4.78 is 37.5. The SMILES string of the molecule is N#CC(C#N)=Cc1ccc(-c2ccc(C(F)(F)F)cc2)cc1. The Kier molecular flexibility index (Phi) is 4.29. The van der Waals surface area contributed by atoms with E-state index in [1.54, 1.807) is 36.4 Å². The van der Waals surface area contributed by atoms with Gasteiger partial charge in [-0.3, -0.25) is 0 Å². The highest BCUT2D eigenvalue weighted by molar-refractivity contribution is 5.68. The van der Waals surface area contributed by atoms with Crippen LogP contribution >= 0.6 is 0 Å². The van der Waals surface area contributed by atoms with E-state index >= 15 is 0 Å². The van der Waals surface area contributed by atoms with Crippen LogP contribution in [0.15, 0.2) is 54.1 Å². The van der Waals surface area contributed by atoms with Gasteiger partial charge in [-0.25, -0.2) is 0 Å². The summed E-state index contributed by atoms with van der Waals surface area (Å²) >= 11 is 0. The number of allylic oxidation sites excluding steroid dienone is 1. The number of nitrogens with zero attached hydrogens (tertiary/aromatic N) is 2. The second-order valence-corrected chi connectivity index (χ2v) is 4.48. The fraction of sp³-hybridized carbons (Fsp3) is 0.0588. The van der Waals surface area contributed by atoms with Gasteiger partial charge in [-0.1, -0.05) is 36.4 Å².